The predicted octanol–water partition coefficient (Wildman–Crippen LogP) is 1.99. The average Bonchev–Trinajstić information content (AvgIpc) is 2.33. The van der Waals surface area contributed by atoms with Gasteiger partial charge >= 0.3 is 0 Å². The first-order chi connectivity index (χ1) is 7.30. The van der Waals surface area contributed by atoms with E-state index in [0.29, 0.717) is 0 Å². The number of hydrogen-bond donors (Lipinski definition) is 1. The van der Waals surface area contributed by atoms with Crippen molar-refractivity contribution in [1.82, 2.24) is 10.2 Å². The Morgan fingerprint density at radius 2 is 1.27 bits per heavy atom. The molecule has 1 N–H and O–H groups in total. The lowest BCUT2D eigenvalue weighted by atomic mass is 10.3. The van der Waals surface area contributed by atoms with Crippen molar-refractivity contribution in [3.63, 3.8) is 0 Å². The lowest BCUT2D eigenvalue weighted by molar-refractivity contribution is 0.196. The molecule has 2 heteroatoms. The molecule has 1 aliphatic rings. The number of nitrogens with zero attached hydrogens (tertiary/aromatic N) is 1. The van der Waals surface area contributed by atoms with Crippen LogP contribution in [0.1, 0.15) is 13.8 Å². The Labute approximate surface area is 93.3 Å². The van der Waals surface area contributed by atoms with Crippen molar-refractivity contribution in [2.75, 3.05) is 26.2 Å². The van der Waals surface area contributed by atoms with E-state index in [1.165, 1.54) is 13.1 Å². The molecule has 2 nitrogen and oxygen atoms in total. The molecule has 0 saturated carbocycles. The second-order valence-electron chi connectivity index (χ2n) is 4.03. The van der Waals surface area contributed by atoms with Gasteiger partial charge in [-0.2, -0.15) is 0 Å². The largest absolute Gasteiger partial charge is 0.314 e. The molecule has 1 aromatic carbocycles. The highest BCUT2D eigenvalue weighted by atomic mass is 15.2. The highest BCUT2D eigenvalue weighted by Crippen LogP contribution is 1.97. The van der Waals surface area contributed by atoms with Crippen molar-refractivity contribution in [3.8, 4) is 0 Å². The first kappa shape index (κ1) is 12.2. The first-order valence-corrected chi connectivity index (χ1v) is 5.75. The maximum absolute atomic E-state index is 3.33. The Kier molecular flexibility index (Phi) is 6.05. The van der Waals surface area contributed by atoms with E-state index in [1.807, 2.05) is 36.4 Å². The van der Waals surface area contributed by atoms with Gasteiger partial charge in [0.2, 0.25) is 0 Å². The van der Waals surface area contributed by atoms with Crippen LogP contribution in [0.5, 0.6) is 0 Å². The summed E-state index contributed by atoms with van der Waals surface area (Å²) in [4.78, 5) is 2.50. The van der Waals surface area contributed by atoms with E-state index in [1.54, 1.807) is 0 Å². The van der Waals surface area contributed by atoms with Gasteiger partial charge in [-0.3, -0.25) is 4.90 Å². The molecule has 0 aromatic heterocycles. The van der Waals surface area contributed by atoms with Gasteiger partial charge in [-0.15, -0.1) is 0 Å². The lowest BCUT2D eigenvalue weighted by Crippen LogP contribution is -2.46. The highest BCUT2D eigenvalue weighted by molar-refractivity contribution is 4.99. The van der Waals surface area contributed by atoms with E-state index in [4.69, 9.17) is 0 Å². The SMILES string of the molecule is CC(C)N1CCNCC1.c1ccccc1. The Hall–Kier alpha value is -0.860. The van der Waals surface area contributed by atoms with Crippen LogP contribution >= 0.6 is 0 Å². The number of nitrogens with one attached hydrogen (secondary N) is 1. The quantitative estimate of drug-likeness (QED) is 0.756. The number of rotatable bonds is 1. The molecule has 84 valence electrons. The number of hydrogen-bond acceptors (Lipinski definition) is 2. The van der Waals surface area contributed by atoms with Gasteiger partial charge in [0.05, 0.1) is 0 Å². The summed E-state index contributed by atoms with van der Waals surface area (Å²) < 4.78 is 0. The maximum Gasteiger partial charge on any atom is 0.0110 e. The van der Waals surface area contributed by atoms with Crippen molar-refractivity contribution in [3.05, 3.63) is 36.4 Å². The zero-order valence-corrected chi connectivity index (χ0v) is 9.82. The molecule has 1 aromatic rings. The summed E-state index contributed by atoms with van der Waals surface area (Å²) in [6.07, 6.45) is 0. The van der Waals surface area contributed by atoms with Crippen molar-refractivity contribution in [2.24, 2.45) is 0 Å². The fourth-order valence-electron chi connectivity index (χ4n) is 1.58. The zero-order chi connectivity index (χ0) is 10.9. The highest BCUT2D eigenvalue weighted by Gasteiger charge is 2.11. The minimum Gasteiger partial charge on any atom is -0.314 e. The van der Waals surface area contributed by atoms with Crippen molar-refractivity contribution in [2.45, 2.75) is 19.9 Å². The molecule has 0 spiro atoms. The summed E-state index contributed by atoms with van der Waals surface area (Å²) in [5.74, 6) is 0. The molecule has 0 radical (unpaired) electrons. The molecule has 2 rings (SSSR count). The van der Waals surface area contributed by atoms with Crippen molar-refractivity contribution >= 4 is 0 Å². The lowest BCUT2D eigenvalue weighted by Gasteiger charge is -2.30. The van der Waals surface area contributed by atoms with E-state index in [2.05, 4.69) is 24.1 Å². The predicted molar refractivity (Wildman–Crippen MR) is 66.0 cm³/mol. The van der Waals surface area contributed by atoms with Crippen LogP contribution in [0.4, 0.5) is 0 Å². The summed E-state index contributed by atoms with van der Waals surface area (Å²) >= 11 is 0. The second kappa shape index (κ2) is 7.43. The summed E-state index contributed by atoms with van der Waals surface area (Å²) in [5, 5.41) is 3.33. The molecular weight excluding hydrogens is 184 g/mol. The Morgan fingerprint density at radius 3 is 1.53 bits per heavy atom. The van der Waals surface area contributed by atoms with E-state index < -0.39 is 0 Å². The summed E-state index contributed by atoms with van der Waals surface area (Å²) in [6.45, 7) is 9.28. The smallest absolute Gasteiger partial charge is 0.0110 e. The van der Waals surface area contributed by atoms with Crippen LogP contribution in [-0.2, 0) is 0 Å². The standard InChI is InChI=1S/C7H16N2.C6H6/c1-7(2)9-5-3-8-4-6-9;1-2-4-6-5-3-1/h7-8H,3-6H2,1-2H3;1-6H. The Bertz CT molecular complexity index is 201. The van der Waals surface area contributed by atoms with Crippen LogP contribution in [0.15, 0.2) is 36.4 Å². The molecule has 0 amide bonds. The third-order valence-corrected chi connectivity index (χ3v) is 2.55. The van der Waals surface area contributed by atoms with Gasteiger partial charge in [-0.05, 0) is 13.8 Å². The summed E-state index contributed by atoms with van der Waals surface area (Å²) in [5.41, 5.74) is 0. The van der Waals surface area contributed by atoms with Crippen molar-refractivity contribution < 1.29 is 0 Å². The fraction of sp³-hybridized carbons (Fsp3) is 0.538. The summed E-state index contributed by atoms with van der Waals surface area (Å²) in [7, 11) is 0. The van der Waals surface area contributed by atoms with Crippen LogP contribution in [0.2, 0.25) is 0 Å². The van der Waals surface area contributed by atoms with Crippen LogP contribution in [0, 0.1) is 0 Å². The van der Waals surface area contributed by atoms with Gasteiger partial charge in [0.25, 0.3) is 0 Å². The molecule has 1 aliphatic heterocycles. The maximum atomic E-state index is 3.33. The van der Waals surface area contributed by atoms with E-state index in [-0.39, 0.29) is 0 Å². The molecule has 1 fully saturated rings. The Balaban J connectivity index is 0.000000162. The van der Waals surface area contributed by atoms with Gasteiger partial charge in [0, 0.05) is 32.2 Å². The molecule has 0 unspecified atom stereocenters. The van der Waals surface area contributed by atoms with Crippen LogP contribution in [-0.4, -0.2) is 37.1 Å². The van der Waals surface area contributed by atoms with Crippen LogP contribution in [0.25, 0.3) is 0 Å². The van der Waals surface area contributed by atoms with E-state index >= 15 is 0 Å². The Morgan fingerprint density at radius 1 is 0.867 bits per heavy atom. The topological polar surface area (TPSA) is 15.3 Å². The minimum atomic E-state index is 0.729. The molecule has 15 heavy (non-hydrogen) atoms. The third kappa shape index (κ3) is 5.55. The van der Waals surface area contributed by atoms with E-state index in [0.717, 1.165) is 19.1 Å². The molecule has 0 atom stereocenters. The normalized spacial score (nSPS) is 17.0. The first-order valence-electron chi connectivity index (χ1n) is 5.75. The molecule has 0 bridgehead atoms. The fourth-order valence-corrected chi connectivity index (χ4v) is 1.58. The van der Waals surface area contributed by atoms with Gasteiger partial charge in [-0.1, -0.05) is 36.4 Å². The molecular formula is C13H22N2. The van der Waals surface area contributed by atoms with E-state index in [9.17, 15) is 0 Å². The number of benzene rings is 1. The molecule has 1 saturated heterocycles. The number of piperazine rings is 1. The summed E-state index contributed by atoms with van der Waals surface area (Å²) in [6, 6.07) is 12.7. The van der Waals surface area contributed by atoms with Gasteiger partial charge in [0.15, 0.2) is 0 Å². The second-order valence-corrected chi connectivity index (χ2v) is 4.03. The van der Waals surface area contributed by atoms with Gasteiger partial charge in [0.1, 0.15) is 0 Å². The zero-order valence-electron chi connectivity index (χ0n) is 9.82. The molecule has 1 heterocycles. The monoisotopic (exact) mass is 206 g/mol. The molecule has 0 aliphatic carbocycles. The van der Waals surface area contributed by atoms with Gasteiger partial charge < -0.3 is 5.32 Å². The third-order valence-electron chi connectivity index (χ3n) is 2.55. The average molecular weight is 206 g/mol. The van der Waals surface area contributed by atoms with Crippen LogP contribution < -0.4 is 5.32 Å². The minimum absolute atomic E-state index is 0.729. The van der Waals surface area contributed by atoms with Gasteiger partial charge in [-0.25, -0.2) is 0 Å². The van der Waals surface area contributed by atoms with Crippen LogP contribution in [0.3, 0.4) is 0 Å². The van der Waals surface area contributed by atoms with Crippen molar-refractivity contribution in [1.29, 1.82) is 0 Å².